The monoisotopic (exact) mass is 793 g/mol. The van der Waals surface area contributed by atoms with Gasteiger partial charge in [-0.05, 0) is 55.2 Å². The van der Waals surface area contributed by atoms with E-state index in [-0.39, 0.29) is 0 Å². The maximum atomic E-state index is 2.51. The SMILES string of the molecule is CCCCCCCCCCCCCCCCCc1cccc(CCCCCCCCCCCCCCCCC)c1CCCCCCCCCCCCCCCCC. The molecule has 0 aromatic heterocycles. The normalized spacial score (nSPS) is 11.6. The molecule has 0 saturated heterocycles. The maximum Gasteiger partial charge on any atom is -0.0273 e. The van der Waals surface area contributed by atoms with E-state index in [1.807, 2.05) is 0 Å². The molecule has 1 rings (SSSR count). The van der Waals surface area contributed by atoms with Crippen LogP contribution in [0.15, 0.2) is 18.2 Å². The number of hydrogen-bond acceptors (Lipinski definition) is 0. The second kappa shape index (κ2) is 46.3. The zero-order valence-electron chi connectivity index (χ0n) is 40.2. The molecule has 0 aliphatic heterocycles. The van der Waals surface area contributed by atoms with Crippen molar-refractivity contribution in [3.63, 3.8) is 0 Å². The molecule has 0 atom stereocenters. The van der Waals surface area contributed by atoms with E-state index in [1.165, 1.54) is 308 Å². The first-order valence-electron chi connectivity index (χ1n) is 27.4. The Labute approximate surface area is 362 Å². The lowest BCUT2D eigenvalue weighted by Gasteiger charge is -2.16. The van der Waals surface area contributed by atoms with E-state index in [0.717, 1.165) is 0 Å². The van der Waals surface area contributed by atoms with Gasteiger partial charge >= 0.3 is 0 Å². The highest BCUT2D eigenvalue weighted by Crippen LogP contribution is 2.24. The smallest absolute Gasteiger partial charge is 0.0273 e. The van der Waals surface area contributed by atoms with Gasteiger partial charge in [-0.2, -0.15) is 0 Å². The minimum absolute atomic E-state index is 1.32. The van der Waals surface area contributed by atoms with Gasteiger partial charge in [0.25, 0.3) is 0 Å². The molecule has 0 heterocycles. The van der Waals surface area contributed by atoms with Gasteiger partial charge in [-0.1, -0.05) is 309 Å². The lowest BCUT2D eigenvalue weighted by Crippen LogP contribution is -2.02. The molecule has 0 unspecified atom stereocenters. The standard InChI is InChI=1S/C57H108/c1-4-7-10-13-16-19-22-25-28-31-34-37-40-43-46-50-55-52-49-53-56(51-47-44-41-38-35-32-29-26-23-20-17-14-11-8-5-2)57(55)54-48-45-42-39-36-33-30-27-24-21-18-15-12-9-6-3/h49,52-53H,4-48,50-51,54H2,1-3H3. The summed E-state index contributed by atoms with van der Waals surface area (Å²) in [4.78, 5) is 0. The Morgan fingerprint density at radius 3 is 0.596 bits per heavy atom. The van der Waals surface area contributed by atoms with Crippen LogP contribution in [0.1, 0.15) is 326 Å². The Balaban J connectivity index is 2.32. The van der Waals surface area contributed by atoms with Gasteiger partial charge in [0, 0.05) is 0 Å². The van der Waals surface area contributed by atoms with E-state index >= 15 is 0 Å². The molecule has 0 N–H and O–H groups in total. The van der Waals surface area contributed by atoms with Gasteiger partial charge in [0.2, 0.25) is 0 Å². The Morgan fingerprint density at radius 1 is 0.211 bits per heavy atom. The third-order valence-corrected chi connectivity index (χ3v) is 13.5. The molecule has 0 saturated carbocycles. The average molecular weight is 793 g/mol. The van der Waals surface area contributed by atoms with Gasteiger partial charge in [-0.3, -0.25) is 0 Å². The fourth-order valence-electron chi connectivity index (χ4n) is 9.52. The van der Waals surface area contributed by atoms with Gasteiger partial charge in [0.05, 0.1) is 0 Å². The summed E-state index contributed by atoms with van der Waals surface area (Å²) in [5.41, 5.74) is 5.21. The van der Waals surface area contributed by atoms with Gasteiger partial charge in [0.1, 0.15) is 0 Å². The lowest BCUT2D eigenvalue weighted by atomic mass is 9.90. The Bertz CT molecular complexity index is 830. The molecule has 0 nitrogen and oxygen atoms in total. The minimum Gasteiger partial charge on any atom is -0.0654 e. The number of unbranched alkanes of at least 4 members (excludes halogenated alkanes) is 42. The highest BCUT2D eigenvalue weighted by molar-refractivity contribution is 5.36. The number of benzene rings is 1. The highest BCUT2D eigenvalue weighted by Gasteiger charge is 2.09. The van der Waals surface area contributed by atoms with E-state index in [1.54, 1.807) is 16.7 Å². The predicted octanol–water partition coefficient (Wildman–Crippen LogP) is 20.9. The van der Waals surface area contributed by atoms with E-state index in [9.17, 15) is 0 Å². The molecule has 0 bridgehead atoms. The van der Waals surface area contributed by atoms with Crippen LogP contribution in [0.4, 0.5) is 0 Å². The third-order valence-electron chi connectivity index (χ3n) is 13.5. The van der Waals surface area contributed by atoms with Crippen LogP contribution >= 0.6 is 0 Å². The largest absolute Gasteiger partial charge is 0.0654 e. The van der Waals surface area contributed by atoms with Crippen LogP contribution < -0.4 is 0 Å². The van der Waals surface area contributed by atoms with Crippen LogP contribution in [-0.2, 0) is 19.3 Å². The summed E-state index contributed by atoms with van der Waals surface area (Å²) in [6, 6.07) is 7.44. The van der Waals surface area contributed by atoms with Crippen molar-refractivity contribution < 1.29 is 0 Å². The average Bonchev–Trinajstić information content (AvgIpc) is 3.22. The summed E-state index contributed by atoms with van der Waals surface area (Å²) in [6.07, 6.45) is 69.4. The fourth-order valence-corrected chi connectivity index (χ4v) is 9.52. The maximum absolute atomic E-state index is 2.51. The summed E-state index contributed by atoms with van der Waals surface area (Å²) in [5.74, 6) is 0. The van der Waals surface area contributed by atoms with E-state index in [2.05, 4.69) is 39.0 Å². The predicted molar refractivity (Wildman–Crippen MR) is 262 cm³/mol. The first-order valence-corrected chi connectivity index (χ1v) is 27.4. The molecular weight excluding hydrogens is 685 g/mol. The molecule has 336 valence electrons. The van der Waals surface area contributed by atoms with E-state index in [0.29, 0.717) is 0 Å². The van der Waals surface area contributed by atoms with Crippen molar-refractivity contribution in [3.05, 3.63) is 34.9 Å². The van der Waals surface area contributed by atoms with Crippen molar-refractivity contribution in [2.45, 2.75) is 329 Å². The Kier molecular flexibility index (Phi) is 44.0. The summed E-state index contributed by atoms with van der Waals surface area (Å²) < 4.78 is 0. The first-order chi connectivity index (χ1) is 28.3. The quantitative estimate of drug-likeness (QED) is 0.0577. The van der Waals surface area contributed by atoms with Crippen molar-refractivity contribution in [2.75, 3.05) is 0 Å². The van der Waals surface area contributed by atoms with Crippen LogP contribution in [0, 0.1) is 0 Å². The first kappa shape index (κ1) is 54.2. The van der Waals surface area contributed by atoms with Crippen LogP contribution in [0.2, 0.25) is 0 Å². The number of hydrogen-bond donors (Lipinski definition) is 0. The molecule has 0 spiro atoms. The van der Waals surface area contributed by atoms with Crippen molar-refractivity contribution >= 4 is 0 Å². The van der Waals surface area contributed by atoms with Gasteiger partial charge in [0.15, 0.2) is 0 Å². The molecule has 1 aromatic rings. The zero-order valence-corrected chi connectivity index (χ0v) is 40.2. The van der Waals surface area contributed by atoms with Crippen molar-refractivity contribution in [2.24, 2.45) is 0 Å². The molecule has 0 heteroatoms. The fraction of sp³-hybridized carbons (Fsp3) is 0.895. The molecule has 0 amide bonds. The van der Waals surface area contributed by atoms with Gasteiger partial charge < -0.3 is 0 Å². The van der Waals surface area contributed by atoms with E-state index in [4.69, 9.17) is 0 Å². The van der Waals surface area contributed by atoms with Crippen molar-refractivity contribution in [1.29, 1.82) is 0 Å². The molecule has 1 aromatic carbocycles. The van der Waals surface area contributed by atoms with Crippen LogP contribution in [0.3, 0.4) is 0 Å². The van der Waals surface area contributed by atoms with Crippen LogP contribution in [0.5, 0.6) is 0 Å². The molecule has 0 aliphatic carbocycles. The van der Waals surface area contributed by atoms with Crippen LogP contribution in [-0.4, -0.2) is 0 Å². The van der Waals surface area contributed by atoms with Crippen LogP contribution in [0.25, 0.3) is 0 Å². The Morgan fingerprint density at radius 2 is 0.386 bits per heavy atom. The Hall–Kier alpha value is -0.780. The molecule has 0 radical (unpaired) electrons. The summed E-state index contributed by atoms with van der Waals surface area (Å²) in [7, 11) is 0. The van der Waals surface area contributed by atoms with Gasteiger partial charge in [-0.25, -0.2) is 0 Å². The van der Waals surface area contributed by atoms with Crippen molar-refractivity contribution in [1.82, 2.24) is 0 Å². The molecule has 57 heavy (non-hydrogen) atoms. The molecular formula is C57H108. The summed E-state index contributed by atoms with van der Waals surface area (Å²) in [6.45, 7) is 6.96. The van der Waals surface area contributed by atoms with Gasteiger partial charge in [-0.15, -0.1) is 0 Å². The van der Waals surface area contributed by atoms with Crippen molar-refractivity contribution in [3.8, 4) is 0 Å². The third kappa shape index (κ3) is 37.9. The number of rotatable bonds is 48. The molecule has 0 fully saturated rings. The lowest BCUT2D eigenvalue weighted by molar-refractivity contribution is 0.530. The number of aryl methyl sites for hydroxylation is 2. The second-order valence-corrected chi connectivity index (χ2v) is 19.2. The minimum atomic E-state index is 1.32. The topological polar surface area (TPSA) is 0 Å². The molecule has 0 aliphatic rings. The highest BCUT2D eigenvalue weighted by atomic mass is 14.1. The zero-order chi connectivity index (χ0) is 40.8. The second-order valence-electron chi connectivity index (χ2n) is 19.2. The summed E-state index contributed by atoms with van der Waals surface area (Å²) >= 11 is 0. The summed E-state index contributed by atoms with van der Waals surface area (Å²) in [5, 5.41) is 0. The van der Waals surface area contributed by atoms with E-state index < -0.39 is 0 Å².